The largest absolute Gasteiger partial charge is 0.332 e. The first kappa shape index (κ1) is 16.5. The van der Waals surface area contributed by atoms with Crippen molar-refractivity contribution >= 4 is 11.8 Å². The molecule has 6 heteroatoms. The topological polar surface area (TPSA) is 40.6 Å². The van der Waals surface area contributed by atoms with Gasteiger partial charge in [0.1, 0.15) is 0 Å². The highest BCUT2D eigenvalue weighted by molar-refractivity contribution is 5.87. The Labute approximate surface area is 145 Å². The smallest absolute Gasteiger partial charge is 0.248 e. The predicted octanol–water partition coefficient (Wildman–Crippen LogP) is 2.78. The minimum atomic E-state index is -2.65. The number of carbonyl (C=O) groups excluding carboxylic acids is 2. The summed E-state index contributed by atoms with van der Waals surface area (Å²) < 4.78 is 26.7. The molecule has 2 amide bonds. The van der Waals surface area contributed by atoms with Crippen molar-refractivity contribution in [3.8, 4) is 0 Å². The van der Waals surface area contributed by atoms with Crippen LogP contribution in [0.15, 0.2) is 24.3 Å². The van der Waals surface area contributed by atoms with Gasteiger partial charge in [0.25, 0.3) is 0 Å². The van der Waals surface area contributed by atoms with E-state index >= 15 is 0 Å². The zero-order valence-corrected chi connectivity index (χ0v) is 14.1. The zero-order valence-electron chi connectivity index (χ0n) is 14.1. The summed E-state index contributed by atoms with van der Waals surface area (Å²) in [6, 6.07) is 7.93. The molecule has 1 aromatic rings. The monoisotopic (exact) mass is 348 g/mol. The van der Waals surface area contributed by atoms with Gasteiger partial charge in [0.2, 0.25) is 17.7 Å². The summed E-state index contributed by atoms with van der Waals surface area (Å²) in [5, 5.41) is 0. The summed E-state index contributed by atoms with van der Waals surface area (Å²) in [6.07, 6.45) is 0.792. The van der Waals surface area contributed by atoms with Gasteiger partial charge in [0.15, 0.2) is 0 Å². The highest BCUT2D eigenvalue weighted by Crippen LogP contribution is 2.38. The van der Waals surface area contributed by atoms with E-state index in [9.17, 15) is 18.4 Å². The fraction of sp³-hybridized carbons (Fsp3) is 0.579. The van der Waals surface area contributed by atoms with Crippen LogP contribution in [-0.2, 0) is 16.0 Å². The SMILES string of the molecule is O=C(C1CCC(F)(F)CC1)N1CC(=O)N2CCc3ccccc3[C@@H]2C1. The maximum atomic E-state index is 13.3. The Morgan fingerprint density at radius 3 is 2.64 bits per heavy atom. The molecule has 1 saturated heterocycles. The molecule has 1 atom stereocenters. The van der Waals surface area contributed by atoms with Gasteiger partial charge in [-0.25, -0.2) is 8.78 Å². The Morgan fingerprint density at radius 1 is 1.16 bits per heavy atom. The van der Waals surface area contributed by atoms with E-state index in [2.05, 4.69) is 6.07 Å². The molecule has 134 valence electrons. The predicted molar refractivity (Wildman–Crippen MR) is 88.1 cm³/mol. The highest BCUT2D eigenvalue weighted by atomic mass is 19.3. The molecule has 1 aliphatic carbocycles. The molecule has 3 aliphatic rings. The lowest BCUT2D eigenvalue weighted by Gasteiger charge is -2.45. The second-order valence-electron chi connectivity index (χ2n) is 7.40. The van der Waals surface area contributed by atoms with Crippen molar-refractivity contribution in [2.24, 2.45) is 5.92 Å². The Balaban J connectivity index is 1.52. The summed E-state index contributed by atoms with van der Waals surface area (Å²) >= 11 is 0. The molecule has 25 heavy (non-hydrogen) atoms. The van der Waals surface area contributed by atoms with Crippen molar-refractivity contribution in [1.82, 2.24) is 9.80 Å². The quantitative estimate of drug-likeness (QED) is 0.783. The number of fused-ring (bicyclic) bond motifs is 3. The van der Waals surface area contributed by atoms with E-state index in [1.807, 2.05) is 23.1 Å². The van der Waals surface area contributed by atoms with Gasteiger partial charge < -0.3 is 9.80 Å². The molecule has 4 nitrogen and oxygen atoms in total. The number of alkyl halides is 2. The van der Waals surface area contributed by atoms with E-state index in [-0.39, 0.29) is 56.0 Å². The molecule has 0 spiro atoms. The van der Waals surface area contributed by atoms with E-state index in [1.54, 1.807) is 4.90 Å². The van der Waals surface area contributed by atoms with Crippen LogP contribution in [-0.4, -0.2) is 47.2 Å². The van der Waals surface area contributed by atoms with Crippen molar-refractivity contribution in [1.29, 1.82) is 0 Å². The third-order valence-electron chi connectivity index (χ3n) is 5.83. The number of piperazine rings is 1. The molecule has 2 aliphatic heterocycles. The van der Waals surface area contributed by atoms with Gasteiger partial charge in [-0.1, -0.05) is 24.3 Å². The molecule has 2 heterocycles. The minimum absolute atomic E-state index is 0.0414. The van der Waals surface area contributed by atoms with Gasteiger partial charge in [0.05, 0.1) is 12.6 Å². The summed E-state index contributed by atoms with van der Waals surface area (Å²) in [5.74, 6) is -3.20. The average molecular weight is 348 g/mol. The lowest BCUT2D eigenvalue weighted by Crippen LogP contribution is -2.56. The fourth-order valence-electron chi connectivity index (χ4n) is 4.39. The number of hydrogen-bond acceptors (Lipinski definition) is 2. The van der Waals surface area contributed by atoms with Gasteiger partial charge in [0, 0.05) is 31.8 Å². The molecule has 1 aromatic carbocycles. The summed E-state index contributed by atoms with van der Waals surface area (Å²) in [5.41, 5.74) is 2.33. The molecule has 0 N–H and O–H groups in total. The summed E-state index contributed by atoms with van der Waals surface area (Å²) in [7, 11) is 0. The van der Waals surface area contributed by atoms with Crippen LogP contribution in [0.5, 0.6) is 0 Å². The van der Waals surface area contributed by atoms with Gasteiger partial charge in [-0.2, -0.15) is 0 Å². The second-order valence-corrected chi connectivity index (χ2v) is 7.40. The standard InChI is InChI=1S/C19H22F2N2O2/c20-19(21)8-5-14(6-9-19)18(25)22-11-16-15-4-2-1-3-13(15)7-10-23(16)17(24)12-22/h1-4,14,16H,5-12H2/t16-/m0/s1. The van der Waals surface area contributed by atoms with E-state index in [0.717, 1.165) is 12.0 Å². The van der Waals surface area contributed by atoms with E-state index in [1.165, 1.54) is 5.56 Å². The van der Waals surface area contributed by atoms with Crippen molar-refractivity contribution in [2.45, 2.75) is 44.1 Å². The highest BCUT2D eigenvalue weighted by Gasteiger charge is 2.42. The molecule has 0 bridgehead atoms. The lowest BCUT2D eigenvalue weighted by molar-refractivity contribution is -0.153. The van der Waals surface area contributed by atoms with E-state index in [4.69, 9.17) is 0 Å². The van der Waals surface area contributed by atoms with Crippen LogP contribution in [0.4, 0.5) is 8.78 Å². The fourth-order valence-corrected chi connectivity index (χ4v) is 4.39. The number of hydrogen-bond donors (Lipinski definition) is 0. The maximum Gasteiger partial charge on any atom is 0.248 e. The number of carbonyl (C=O) groups is 2. The molecule has 0 aromatic heterocycles. The van der Waals surface area contributed by atoms with Crippen molar-refractivity contribution in [3.05, 3.63) is 35.4 Å². The van der Waals surface area contributed by atoms with Crippen LogP contribution in [0, 0.1) is 5.92 Å². The van der Waals surface area contributed by atoms with Crippen molar-refractivity contribution in [2.75, 3.05) is 19.6 Å². The molecular formula is C19H22F2N2O2. The van der Waals surface area contributed by atoms with Crippen molar-refractivity contribution in [3.63, 3.8) is 0 Å². The molecule has 0 radical (unpaired) electrons. The van der Waals surface area contributed by atoms with Crippen molar-refractivity contribution < 1.29 is 18.4 Å². The first-order valence-corrected chi connectivity index (χ1v) is 8.98. The van der Waals surface area contributed by atoms with Gasteiger partial charge in [-0.05, 0) is 30.4 Å². The van der Waals surface area contributed by atoms with Gasteiger partial charge in [-0.3, -0.25) is 9.59 Å². The van der Waals surface area contributed by atoms with Crippen LogP contribution in [0.1, 0.15) is 42.9 Å². The van der Waals surface area contributed by atoms with E-state index < -0.39 is 5.92 Å². The average Bonchev–Trinajstić information content (AvgIpc) is 2.61. The Hall–Kier alpha value is -1.98. The summed E-state index contributed by atoms with van der Waals surface area (Å²) in [6.45, 7) is 1.22. The Morgan fingerprint density at radius 2 is 1.88 bits per heavy atom. The number of amides is 2. The number of halogens is 2. The first-order chi connectivity index (χ1) is 11.9. The third kappa shape index (κ3) is 3.02. The molecule has 2 fully saturated rings. The normalized spacial score (nSPS) is 26.2. The molecule has 0 unspecified atom stereocenters. The summed E-state index contributed by atoms with van der Waals surface area (Å²) in [4.78, 5) is 28.8. The zero-order chi connectivity index (χ0) is 17.6. The minimum Gasteiger partial charge on any atom is -0.332 e. The third-order valence-corrected chi connectivity index (χ3v) is 5.83. The van der Waals surface area contributed by atoms with Crippen LogP contribution in [0.2, 0.25) is 0 Å². The van der Waals surface area contributed by atoms with E-state index in [0.29, 0.717) is 13.1 Å². The first-order valence-electron chi connectivity index (χ1n) is 8.98. The van der Waals surface area contributed by atoms with Gasteiger partial charge >= 0.3 is 0 Å². The second kappa shape index (κ2) is 6.07. The Bertz CT molecular complexity index is 696. The number of nitrogens with zero attached hydrogens (tertiary/aromatic N) is 2. The van der Waals surface area contributed by atoms with Crippen LogP contribution in [0.25, 0.3) is 0 Å². The lowest BCUT2D eigenvalue weighted by atomic mass is 9.85. The molecular weight excluding hydrogens is 326 g/mol. The molecule has 4 rings (SSSR count). The van der Waals surface area contributed by atoms with Crippen LogP contribution < -0.4 is 0 Å². The van der Waals surface area contributed by atoms with Crippen LogP contribution in [0.3, 0.4) is 0 Å². The van der Waals surface area contributed by atoms with Gasteiger partial charge in [-0.15, -0.1) is 0 Å². The number of rotatable bonds is 1. The maximum absolute atomic E-state index is 13.3. The number of benzene rings is 1. The Kier molecular flexibility index (Phi) is 4.01. The molecule has 1 saturated carbocycles. The van der Waals surface area contributed by atoms with Crippen LogP contribution >= 0.6 is 0 Å².